The molecule has 1 unspecified atom stereocenters. The summed E-state index contributed by atoms with van der Waals surface area (Å²) in [5.41, 5.74) is 6.31. The number of carbonyl (C=O) groups is 1. The van der Waals surface area contributed by atoms with Crippen molar-refractivity contribution in [1.29, 1.82) is 0 Å². The van der Waals surface area contributed by atoms with E-state index in [4.69, 9.17) is 28.9 Å². The van der Waals surface area contributed by atoms with Crippen LogP contribution >= 0.6 is 23.2 Å². The molecule has 1 amide bonds. The SMILES string of the molecule is CC(Cl)c1nc2cc(Cl)c(F)cc2n1CCCC(N)=O. The Bertz CT molecular complexity index is 655. The van der Waals surface area contributed by atoms with E-state index in [0.29, 0.717) is 29.8 Å². The topological polar surface area (TPSA) is 60.9 Å². The molecule has 0 spiro atoms. The van der Waals surface area contributed by atoms with Crippen LogP contribution in [0, 0.1) is 5.82 Å². The average Bonchev–Trinajstić information content (AvgIpc) is 2.68. The minimum absolute atomic E-state index is 0.0214. The maximum absolute atomic E-state index is 13.6. The lowest BCUT2D eigenvalue weighted by Gasteiger charge is -2.10. The molecular weight excluding hydrogens is 304 g/mol. The summed E-state index contributed by atoms with van der Waals surface area (Å²) in [5.74, 6) is -0.263. The lowest BCUT2D eigenvalue weighted by atomic mass is 10.2. The van der Waals surface area contributed by atoms with E-state index < -0.39 is 5.82 Å². The molecule has 20 heavy (non-hydrogen) atoms. The average molecular weight is 318 g/mol. The summed E-state index contributed by atoms with van der Waals surface area (Å²) in [6.07, 6.45) is 0.799. The van der Waals surface area contributed by atoms with Crippen LogP contribution in [-0.2, 0) is 11.3 Å². The van der Waals surface area contributed by atoms with Gasteiger partial charge in [0, 0.05) is 19.0 Å². The van der Waals surface area contributed by atoms with E-state index in [-0.39, 0.29) is 22.7 Å². The number of nitrogens with two attached hydrogens (primary N) is 1. The van der Waals surface area contributed by atoms with E-state index in [0.717, 1.165) is 0 Å². The van der Waals surface area contributed by atoms with E-state index in [9.17, 15) is 9.18 Å². The molecule has 2 aromatic rings. The Morgan fingerprint density at radius 2 is 2.25 bits per heavy atom. The van der Waals surface area contributed by atoms with Gasteiger partial charge >= 0.3 is 0 Å². The second kappa shape index (κ2) is 5.97. The monoisotopic (exact) mass is 317 g/mol. The Hall–Kier alpha value is -1.33. The van der Waals surface area contributed by atoms with Crippen LogP contribution in [-0.4, -0.2) is 15.5 Å². The zero-order valence-corrected chi connectivity index (χ0v) is 12.4. The smallest absolute Gasteiger partial charge is 0.217 e. The normalized spacial score (nSPS) is 12.8. The third-order valence-electron chi connectivity index (χ3n) is 2.98. The van der Waals surface area contributed by atoms with Crippen LogP contribution < -0.4 is 5.73 Å². The number of benzene rings is 1. The predicted octanol–water partition coefficient (Wildman–Crippen LogP) is 3.39. The van der Waals surface area contributed by atoms with Crippen LogP contribution in [0.2, 0.25) is 5.02 Å². The van der Waals surface area contributed by atoms with Gasteiger partial charge < -0.3 is 10.3 Å². The fourth-order valence-electron chi connectivity index (χ4n) is 2.09. The quantitative estimate of drug-likeness (QED) is 0.859. The number of rotatable bonds is 5. The number of aryl methyl sites for hydroxylation is 1. The van der Waals surface area contributed by atoms with Crippen molar-refractivity contribution in [1.82, 2.24) is 9.55 Å². The number of aromatic nitrogens is 2. The number of nitrogens with zero attached hydrogens (tertiary/aromatic N) is 2. The minimum atomic E-state index is -0.510. The van der Waals surface area contributed by atoms with Crippen LogP contribution in [0.1, 0.15) is 31.0 Å². The Balaban J connectivity index is 2.45. The van der Waals surface area contributed by atoms with Crippen molar-refractivity contribution in [3.63, 3.8) is 0 Å². The first kappa shape index (κ1) is 15.1. The van der Waals surface area contributed by atoms with Gasteiger partial charge in [-0.2, -0.15) is 0 Å². The van der Waals surface area contributed by atoms with E-state index >= 15 is 0 Å². The highest BCUT2D eigenvalue weighted by Crippen LogP contribution is 2.28. The van der Waals surface area contributed by atoms with Crippen LogP contribution in [0.3, 0.4) is 0 Å². The molecule has 1 heterocycles. The van der Waals surface area contributed by atoms with Crippen molar-refractivity contribution in [3.05, 3.63) is 28.8 Å². The molecule has 2 rings (SSSR count). The lowest BCUT2D eigenvalue weighted by Crippen LogP contribution is -2.12. The van der Waals surface area contributed by atoms with Crippen LogP contribution in [0.25, 0.3) is 11.0 Å². The van der Waals surface area contributed by atoms with Crippen LogP contribution in [0.5, 0.6) is 0 Å². The highest BCUT2D eigenvalue weighted by atomic mass is 35.5. The number of fused-ring (bicyclic) bond motifs is 1. The number of amides is 1. The summed E-state index contributed by atoms with van der Waals surface area (Å²) in [6, 6.07) is 2.80. The third-order valence-corrected chi connectivity index (χ3v) is 3.47. The van der Waals surface area contributed by atoms with Gasteiger partial charge in [0.1, 0.15) is 11.6 Å². The van der Waals surface area contributed by atoms with Crippen LogP contribution in [0.4, 0.5) is 4.39 Å². The summed E-state index contributed by atoms with van der Waals surface area (Å²) >= 11 is 11.9. The van der Waals surface area contributed by atoms with Gasteiger partial charge in [-0.3, -0.25) is 4.79 Å². The zero-order chi connectivity index (χ0) is 14.9. The minimum Gasteiger partial charge on any atom is -0.370 e. The summed E-state index contributed by atoms with van der Waals surface area (Å²) in [6.45, 7) is 2.28. The van der Waals surface area contributed by atoms with Gasteiger partial charge in [-0.05, 0) is 19.4 Å². The molecule has 0 saturated heterocycles. The van der Waals surface area contributed by atoms with Gasteiger partial charge in [0.15, 0.2) is 0 Å². The largest absolute Gasteiger partial charge is 0.370 e. The number of imidazole rings is 1. The number of primary amides is 1. The predicted molar refractivity (Wildman–Crippen MR) is 77.4 cm³/mol. The van der Waals surface area contributed by atoms with Crippen molar-refractivity contribution in [2.24, 2.45) is 5.73 Å². The number of carbonyl (C=O) groups excluding carboxylic acids is 1. The van der Waals surface area contributed by atoms with E-state index in [1.54, 1.807) is 11.5 Å². The van der Waals surface area contributed by atoms with Crippen molar-refractivity contribution in [3.8, 4) is 0 Å². The van der Waals surface area contributed by atoms with Crippen molar-refractivity contribution < 1.29 is 9.18 Å². The Morgan fingerprint density at radius 1 is 1.55 bits per heavy atom. The molecular formula is C13H14Cl2FN3O. The maximum atomic E-state index is 13.6. The molecule has 0 saturated carbocycles. The Morgan fingerprint density at radius 3 is 2.85 bits per heavy atom. The molecule has 0 aliphatic carbocycles. The summed E-state index contributed by atoms with van der Waals surface area (Å²) < 4.78 is 15.4. The van der Waals surface area contributed by atoms with E-state index in [1.165, 1.54) is 12.1 Å². The molecule has 0 fully saturated rings. The number of halogens is 3. The van der Waals surface area contributed by atoms with Gasteiger partial charge in [0.2, 0.25) is 5.91 Å². The summed E-state index contributed by atoms with van der Waals surface area (Å²) in [5, 5.41) is -0.314. The molecule has 0 bridgehead atoms. The standard InChI is InChI=1S/C13H14Cl2FN3O/c1-7(14)13-18-10-5-8(15)9(16)6-11(10)19(13)4-2-3-12(17)20/h5-7H,2-4H2,1H3,(H2,17,20). The first-order chi connectivity index (χ1) is 9.40. The van der Waals surface area contributed by atoms with Gasteiger partial charge in [-0.25, -0.2) is 9.37 Å². The molecule has 7 heteroatoms. The fraction of sp³-hybridized carbons (Fsp3) is 0.385. The van der Waals surface area contributed by atoms with Gasteiger partial charge in [-0.1, -0.05) is 11.6 Å². The second-order valence-corrected chi connectivity index (χ2v) is 5.62. The molecule has 1 aromatic heterocycles. The fourth-order valence-corrected chi connectivity index (χ4v) is 2.41. The molecule has 4 nitrogen and oxygen atoms in total. The van der Waals surface area contributed by atoms with E-state index in [2.05, 4.69) is 4.98 Å². The molecule has 0 radical (unpaired) electrons. The van der Waals surface area contributed by atoms with Crippen molar-refractivity contribution in [2.45, 2.75) is 31.7 Å². The Labute approximate surface area is 125 Å². The zero-order valence-electron chi connectivity index (χ0n) is 10.9. The molecule has 1 aromatic carbocycles. The first-order valence-corrected chi connectivity index (χ1v) is 6.99. The molecule has 1 atom stereocenters. The maximum Gasteiger partial charge on any atom is 0.217 e. The molecule has 0 aliphatic heterocycles. The number of hydrogen-bond acceptors (Lipinski definition) is 2. The lowest BCUT2D eigenvalue weighted by molar-refractivity contribution is -0.118. The van der Waals surface area contributed by atoms with Crippen molar-refractivity contribution in [2.75, 3.05) is 0 Å². The number of hydrogen-bond donors (Lipinski definition) is 1. The highest BCUT2D eigenvalue weighted by molar-refractivity contribution is 6.31. The van der Waals surface area contributed by atoms with Gasteiger partial charge in [0.25, 0.3) is 0 Å². The third kappa shape index (κ3) is 3.04. The van der Waals surface area contributed by atoms with Crippen LogP contribution in [0.15, 0.2) is 12.1 Å². The highest BCUT2D eigenvalue weighted by Gasteiger charge is 2.16. The van der Waals surface area contributed by atoms with Crippen molar-refractivity contribution >= 4 is 40.1 Å². The Kier molecular flexibility index (Phi) is 4.50. The number of alkyl halides is 1. The van der Waals surface area contributed by atoms with Gasteiger partial charge in [-0.15, -0.1) is 11.6 Å². The summed E-state index contributed by atoms with van der Waals surface area (Å²) in [4.78, 5) is 15.2. The molecule has 0 aliphatic rings. The first-order valence-electron chi connectivity index (χ1n) is 6.17. The summed E-state index contributed by atoms with van der Waals surface area (Å²) in [7, 11) is 0. The molecule has 108 valence electrons. The van der Waals surface area contributed by atoms with Gasteiger partial charge in [0.05, 0.1) is 21.4 Å². The molecule has 2 N–H and O–H groups in total. The second-order valence-electron chi connectivity index (χ2n) is 4.56. The van der Waals surface area contributed by atoms with E-state index in [1.807, 2.05) is 0 Å².